The van der Waals surface area contributed by atoms with Crippen LogP contribution >= 0.6 is 0 Å². The molecule has 190 valence electrons. The van der Waals surface area contributed by atoms with E-state index in [0.29, 0.717) is 17.9 Å². The zero-order valence-corrected chi connectivity index (χ0v) is 20.6. The van der Waals surface area contributed by atoms with Gasteiger partial charge in [0.2, 0.25) is 5.91 Å². The Morgan fingerprint density at radius 2 is 1.78 bits per heavy atom. The van der Waals surface area contributed by atoms with Crippen LogP contribution in [0.25, 0.3) is 0 Å². The number of amides is 3. The number of nitrogens with zero attached hydrogens (tertiary/aromatic N) is 1. The number of benzene rings is 1. The molecule has 8 nitrogen and oxygen atoms in total. The van der Waals surface area contributed by atoms with Gasteiger partial charge in [-0.25, -0.2) is 0 Å². The lowest BCUT2D eigenvalue weighted by atomic mass is 9.95. The van der Waals surface area contributed by atoms with Gasteiger partial charge in [-0.3, -0.25) is 14.4 Å². The lowest BCUT2D eigenvalue weighted by molar-refractivity contribution is -0.141. The SMILES string of the molecule is Cc1ccc([C@H](C(=O)NC2CCCCC2)N(CCc2ccccc2)C(=O)CNC(=O)c2ccco2)o1. The Bertz CT molecular complexity index is 1130. The van der Waals surface area contributed by atoms with Gasteiger partial charge in [0.25, 0.3) is 11.8 Å². The van der Waals surface area contributed by atoms with Crippen molar-refractivity contribution >= 4 is 17.7 Å². The molecule has 3 amide bonds. The van der Waals surface area contributed by atoms with Crippen LogP contribution in [-0.4, -0.2) is 41.8 Å². The van der Waals surface area contributed by atoms with Crippen LogP contribution < -0.4 is 10.6 Å². The zero-order valence-electron chi connectivity index (χ0n) is 20.6. The lowest BCUT2D eigenvalue weighted by Gasteiger charge is -2.32. The third kappa shape index (κ3) is 6.65. The average molecular weight is 492 g/mol. The van der Waals surface area contributed by atoms with Gasteiger partial charge in [-0.05, 0) is 56.0 Å². The fourth-order valence-corrected chi connectivity index (χ4v) is 4.60. The van der Waals surface area contributed by atoms with Crippen LogP contribution in [0.4, 0.5) is 0 Å². The molecule has 1 fully saturated rings. The fourth-order valence-electron chi connectivity index (χ4n) is 4.60. The van der Waals surface area contributed by atoms with Crippen LogP contribution in [0.3, 0.4) is 0 Å². The molecule has 0 aliphatic heterocycles. The van der Waals surface area contributed by atoms with Crippen molar-refractivity contribution in [3.8, 4) is 0 Å². The van der Waals surface area contributed by atoms with E-state index >= 15 is 0 Å². The van der Waals surface area contributed by atoms with Crippen molar-refractivity contribution in [2.75, 3.05) is 13.1 Å². The summed E-state index contributed by atoms with van der Waals surface area (Å²) in [5.74, 6) is 0.0284. The molecule has 0 spiro atoms. The largest absolute Gasteiger partial charge is 0.464 e. The number of aryl methyl sites for hydroxylation is 1. The first-order valence-corrected chi connectivity index (χ1v) is 12.5. The summed E-state index contributed by atoms with van der Waals surface area (Å²) < 4.78 is 11.0. The first kappa shape index (κ1) is 25.3. The Morgan fingerprint density at radius 1 is 1.00 bits per heavy atom. The van der Waals surface area contributed by atoms with Gasteiger partial charge >= 0.3 is 0 Å². The van der Waals surface area contributed by atoms with E-state index in [1.807, 2.05) is 30.3 Å². The van der Waals surface area contributed by atoms with E-state index in [2.05, 4.69) is 10.6 Å². The maximum atomic E-state index is 13.6. The molecule has 1 aliphatic rings. The number of hydrogen-bond acceptors (Lipinski definition) is 5. The van der Waals surface area contributed by atoms with Crippen LogP contribution in [0, 0.1) is 6.92 Å². The van der Waals surface area contributed by atoms with Gasteiger partial charge in [-0.2, -0.15) is 0 Å². The van der Waals surface area contributed by atoms with Gasteiger partial charge in [0, 0.05) is 12.6 Å². The molecule has 1 aromatic carbocycles. The molecule has 0 unspecified atom stereocenters. The van der Waals surface area contributed by atoms with E-state index in [-0.39, 0.29) is 36.7 Å². The van der Waals surface area contributed by atoms with Gasteiger partial charge in [-0.15, -0.1) is 0 Å². The Morgan fingerprint density at radius 3 is 2.44 bits per heavy atom. The minimum absolute atomic E-state index is 0.0783. The van der Waals surface area contributed by atoms with Gasteiger partial charge in [-0.1, -0.05) is 49.6 Å². The van der Waals surface area contributed by atoms with Crippen molar-refractivity contribution in [3.63, 3.8) is 0 Å². The molecular formula is C28H33N3O5. The predicted molar refractivity (Wildman–Crippen MR) is 134 cm³/mol. The Balaban J connectivity index is 1.56. The van der Waals surface area contributed by atoms with Gasteiger partial charge in [0.05, 0.1) is 12.8 Å². The van der Waals surface area contributed by atoms with Crippen LogP contribution in [0.1, 0.15) is 65.8 Å². The molecular weight excluding hydrogens is 458 g/mol. The summed E-state index contributed by atoms with van der Waals surface area (Å²) >= 11 is 0. The monoisotopic (exact) mass is 491 g/mol. The second kappa shape index (κ2) is 12.2. The second-order valence-electron chi connectivity index (χ2n) is 9.18. The van der Waals surface area contributed by atoms with E-state index in [9.17, 15) is 14.4 Å². The summed E-state index contributed by atoms with van der Waals surface area (Å²) in [6, 6.07) is 15.6. The Kier molecular flexibility index (Phi) is 8.60. The highest BCUT2D eigenvalue weighted by Gasteiger charge is 2.35. The topological polar surface area (TPSA) is 105 Å². The Hall–Kier alpha value is -3.81. The summed E-state index contributed by atoms with van der Waals surface area (Å²) in [5.41, 5.74) is 1.04. The molecule has 0 bridgehead atoms. The minimum Gasteiger partial charge on any atom is -0.464 e. The molecule has 0 radical (unpaired) electrons. The van der Waals surface area contributed by atoms with E-state index in [1.165, 1.54) is 23.7 Å². The summed E-state index contributed by atoms with van der Waals surface area (Å²) in [6.45, 7) is 1.81. The second-order valence-corrected chi connectivity index (χ2v) is 9.18. The van der Waals surface area contributed by atoms with E-state index in [4.69, 9.17) is 8.83 Å². The molecule has 1 atom stereocenters. The maximum Gasteiger partial charge on any atom is 0.287 e. The van der Waals surface area contributed by atoms with Gasteiger partial charge < -0.3 is 24.4 Å². The first-order valence-electron chi connectivity index (χ1n) is 12.5. The van der Waals surface area contributed by atoms with Crippen LogP contribution in [0.2, 0.25) is 0 Å². The van der Waals surface area contributed by atoms with Crippen molar-refractivity contribution in [3.05, 3.63) is 83.7 Å². The summed E-state index contributed by atoms with van der Waals surface area (Å²) in [5, 5.41) is 5.76. The molecule has 4 rings (SSSR count). The van der Waals surface area contributed by atoms with Crippen molar-refractivity contribution in [2.24, 2.45) is 0 Å². The Labute approximate surface area is 211 Å². The van der Waals surface area contributed by atoms with Crippen molar-refractivity contribution < 1.29 is 23.2 Å². The zero-order chi connectivity index (χ0) is 25.3. The molecule has 2 N–H and O–H groups in total. The summed E-state index contributed by atoms with van der Waals surface area (Å²) in [6.07, 6.45) is 7.11. The number of rotatable bonds is 10. The lowest BCUT2D eigenvalue weighted by Crippen LogP contribution is -2.50. The van der Waals surface area contributed by atoms with E-state index in [0.717, 1.165) is 31.2 Å². The summed E-state index contributed by atoms with van der Waals surface area (Å²) in [7, 11) is 0. The van der Waals surface area contributed by atoms with Crippen LogP contribution in [-0.2, 0) is 16.0 Å². The minimum atomic E-state index is -0.947. The molecule has 36 heavy (non-hydrogen) atoms. The quantitative estimate of drug-likeness (QED) is 0.443. The highest BCUT2D eigenvalue weighted by molar-refractivity contribution is 5.95. The normalized spacial score (nSPS) is 14.7. The molecule has 3 aromatic rings. The molecule has 8 heteroatoms. The molecule has 2 aromatic heterocycles. The van der Waals surface area contributed by atoms with E-state index < -0.39 is 11.9 Å². The van der Waals surface area contributed by atoms with Crippen LogP contribution in [0.15, 0.2) is 69.7 Å². The highest BCUT2D eigenvalue weighted by Crippen LogP contribution is 2.26. The number of carbonyl (C=O) groups is 3. The third-order valence-electron chi connectivity index (χ3n) is 6.49. The molecule has 2 heterocycles. The number of nitrogens with one attached hydrogen (secondary N) is 2. The number of hydrogen-bond donors (Lipinski definition) is 2. The molecule has 0 saturated heterocycles. The standard InChI is InChI=1S/C28H33N3O5/c1-20-14-15-23(36-20)26(28(34)30-22-11-6-3-7-12-22)31(17-16-21-9-4-2-5-10-21)25(32)19-29-27(33)24-13-8-18-35-24/h2,4-5,8-10,13-15,18,22,26H,3,6-7,11-12,16-17,19H2,1H3,(H,29,33)(H,30,34)/t26-/m1/s1. The number of carbonyl (C=O) groups excluding carboxylic acids is 3. The number of furan rings is 2. The van der Waals surface area contributed by atoms with Gasteiger partial charge in [0.15, 0.2) is 11.8 Å². The van der Waals surface area contributed by atoms with Crippen molar-refractivity contribution in [1.29, 1.82) is 0 Å². The molecule has 1 aliphatic carbocycles. The van der Waals surface area contributed by atoms with Crippen molar-refractivity contribution in [2.45, 2.75) is 57.5 Å². The summed E-state index contributed by atoms with van der Waals surface area (Å²) in [4.78, 5) is 41.0. The predicted octanol–water partition coefficient (Wildman–Crippen LogP) is 4.17. The van der Waals surface area contributed by atoms with Crippen molar-refractivity contribution in [1.82, 2.24) is 15.5 Å². The molecule has 1 saturated carbocycles. The van der Waals surface area contributed by atoms with Crippen LogP contribution in [0.5, 0.6) is 0 Å². The average Bonchev–Trinajstić information content (AvgIpc) is 3.58. The fraction of sp³-hybridized carbons (Fsp3) is 0.393. The third-order valence-corrected chi connectivity index (χ3v) is 6.49. The van der Waals surface area contributed by atoms with E-state index in [1.54, 1.807) is 25.1 Å². The smallest absolute Gasteiger partial charge is 0.287 e. The van der Waals surface area contributed by atoms with Gasteiger partial charge in [0.1, 0.15) is 11.5 Å². The highest BCUT2D eigenvalue weighted by atomic mass is 16.3. The maximum absolute atomic E-state index is 13.6. The first-order chi connectivity index (χ1) is 17.5.